The van der Waals surface area contributed by atoms with Crippen LogP contribution in [0.2, 0.25) is 5.22 Å². The fraction of sp³-hybridized carbons (Fsp3) is 0.375. The van der Waals surface area contributed by atoms with Crippen molar-refractivity contribution in [2.24, 2.45) is 0 Å². The molecule has 2 heterocycles. The number of hydrogen-bond donors (Lipinski definition) is 1. The summed E-state index contributed by atoms with van der Waals surface area (Å²) in [6.07, 6.45) is 2.99. The van der Waals surface area contributed by atoms with Crippen molar-refractivity contribution in [3.05, 3.63) is 52.4 Å². The van der Waals surface area contributed by atoms with Crippen molar-refractivity contribution in [2.45, 2.75) is 25.3 Å². The molecule has 3 rings (SSSR count). The third kappa shape index (κ3) is 2.84. The molecule has 0 bridgehead atoms. The van der Waals surface area contributed by atoms with Crippen molar-refractivity contribution in [2.75, 3.05) is 13.7 Å². The van der Waals surface area contributed by atoms with Crippen LogP contribution >= 0.6 is 11.6 Å². The molecule has 0 aliphatic carbocycles. The lowest BCUT2D eigenvalue weighted by Gasteiger charge is -2.13. The molecule has 0 fully saturated rings. The lowest BCUT2D eigenvalue weighted by atomic mass is 10.0. The average molecular weight is 292 g/mol. The first-order valence-corrected chi connectivity index (χ1v) is 7.31. The van der Waals surface area contributed by atoms with Gasteiger partial charge in [0.1, 0.15) is 11.5 Å². The van der Waals surface area contributed by atoms with Gasteiger partial charge in [-0.15, -0.1) is 0 Å². The second-order valence-electron chi connectivity index (χ2n) is 5.06. The highest BCUT2D eigenvalue weighted by atomic mass is 35.5. The lowest BCUT2D eigenvalue weighted by molar-refractivity contribution is 0.357. The first-order valence-electron chi connectivity index (χ1n) is 6.93. The number of hydrogen-bond acceptors (Lipinski definition) is 3. The third-order valence-electron chi connectivity index (χ3n) is 3.76. The van der Waals surface area contributed by atoms with Crippen LogP contribution in [0.4, 0.5) is 0 Å². The maximum Gasteiger partial charge on any atom is 0.193 e. The summed E-state index contributed by atoms with van der Waals surface area (Å²) in [5.41, 5.74) is 2.66. The quantitative estimate of drug-likeness (QED) is 0.911. The van der Waals surface area contributed by atoms with E-state index in [1.54, 1.807) is 6.07 Å². The maximum atomic E-state index is 5.83. The Hall–Kier alpha value is -1.45. The Kier molecular flexibility index (Phi) is 3.99. The molecular formula is C16H18ClNO2. The second-order valence-corrected chi connectivity index (χ2v) is 5.43. The maximum absolute atomic E-state index is 5.83. The van der Waals surface area contributed by atoms with Gasteiger partial charge in [0, 0.05) is 6.42 Å². The van der Waals surface area contributed by atoms with E-state index in [2.05, 4.69) is 23.5 Å². The Balaban J connectivity index is 1.66. The van der Waals surface area contributed by atoms with Gasteiger partial charge in [-0.1, -0.05) is 12.1 Å². The van der Waals surface area contributed by atoms with Gasteiger partial charge in [0.05, 0.1) is 12.6 Å². The van der Waals surface area contributed by atoms with Gasteiger partial charge in [-0.3, -0.25) is 0 Å². The molecule has 1 aromatic heterocycles. The molecule has 0 radical (unpaired) electrons. The summed E-state index contributed by atoms with van der Waals surface area (Å²) >= 11 is 5.83. The molecule has 1 aliphatic rings. The normalized spacial score (nSPS) is 14.9. The summed E-state index contributed by atoms with van der Waals surface area (Å²) in [6, 6.07) is 10.4. The minimum Gasteiger partial charge on any atom is -0.493 e. The Bertz CT molecular complexity index is 594. The van der Waals surface area contributed by atoms with Gasteiger partial charge in [-0.05, 0) is 60.8 Å². The highest BCUT2D eigenvalue weighted by Gasteiger charge is 2.15. The van der Waals surface area contributed by atoms with Crippen molar-refractivity contribution in [1.29, 1.82) is 0 Å². The minimum absolute atomic E-state index is 0.187. The smallest absolute Gasteiger partial charge is 0.193 e. The standard InChI is InChI=1S/C16H18ClNO2/c1-18-13(15-6-7-16(17)20-15)4-2-11-3-5-14-12(10-11)8-9-19-14/h3,5-7,10,13,18H,2,4,8-9H2,1H3. The lowest BCUT2D eigenvalue weighted by Crippen LogP contribution is -2.16. The Morgan fingerprint density at radius 2 is 2.20 bits per heavy atom. The number of ether oxygens (including phenoxy) is 1. The molecule has 1 N–H and O–H groups in total. The first kappa shape index (κ1) is 13.5. The van der Waals surface area contributed by atoms with E-state index in [0.29, 0.717) is 5.22 Å². The molecule has 20 heavy (non-hydrogen) atoms. The van der Waals surface area contributed by atoms with Crippen LogP contribution in [0, 0.1) is 0 Å². The van der Waals surface area contributed by atoms with E-state index in [0.717, 1.165) is 37.4 Å². The van der Waals surface area contributed by atoms with Gasteiger partial charge in [0.25, 0.3) is 0 Å². The van der Waals surface area contributed by atoms with E-state index in [4.69, 9.17) is 20.8 Å². The molecule has 106 valence electrons. The van der Waals surface area contributed by atoms with Gasteiger partial charge in [-0.25, -0.2) is 0 Å². The van der Waals surface area contributed by atoms with Gasteiger partial charge < -0.3 is 14.5 Å². The first-order chi connectivity index (χ1) is 9.76. The monoisotopic (exact) mass is 291 g/mol. The van der Waals surface area contributed by atoms with Crippen LogP contribution in [0.15, 0.2) is 34.7 Å². The molecule has 1 aromatic carbocycles. The predicted molar refractivity (Wildman–Crippen MR) is 79.5 cm³/mol. The number of rotatable bonds is 5. The zero-order chi connectivity index (χ0) is 13.9. The fourth-order valence-electron chi connectivity index (χ4n) is 2.65. The molecule has 4 heteroatoms. The van der Waals surface area contributed by atoms with E-state index >= 15 is 0 Å². The third-order valence-corrected chi connectivity index (χ3v) is 3.96. The summed E-state index contributed by atoms with van der Waals surface area (Å²) in [5.74, 6) is 1.93. The molecule has 1 unspecified atom stereocenters. The summed E-state index contributed by atoms with van der Waals surface area (Å²) in [4.78, 5) is 0. The highest BCUT2D eigenvalue weighted by Crippen LogP contribution is 2.28. The van der Waals surface area contributed by atoms with E-state index < -0.39 is 0 Å². The molecule has 2 aromatic rings. The number of nitrogens with one attached hydrogen (secondary N) is 1. The van der Waals surface area contributed by atoms with E-state index in [1.807, 2.05) is 13.1 Å². The number of benzene rings is 1. The second kappa shape index (κ2) is 5.90. The number of aryl methyl sites for hydroxylation is 1. The highest BCUT2D eigenvalue weighted by molar-refractivity contribution is 6.28. The van der Waals surface area contributed by atoms with Crippen molar-refractivity contribution >= 4 is 11.6 Å². The van der Waals surface area contributed by atoms with Gasteiger partial charge in [-0.2, -0.15) is 0 Å². The summed E-state index contributed by atoms with van der Waals surface area (Å²) < 4.78 is 11.0. The van der Waals surface area contributed by atoms with Crippen LogP contribution < -0.4 is 10.1 Å². The van der Waals surface area contributed by atoms with E-state index in [-0.39, 0.29) is 6.04 Å². The van der Waals surface area contributed by atoms with Crippen LogP contribution in [0.25, 0.3) is 0 Å². The summed E-state index contributed by atoms with van der Waals surface area (Å²) in [5, 5.41) is 3.72. The van der Waals surface area contributed by atoms with Crippen LogP contribution in [0.3, 0.4) is 0 Å². The Morgan fingerprint density at radius 3 is 2.95 bits per heavy atom. The fourth-order valence-corrected chi connectivity index (χ4v) is 2.80. The molecule has 1 aliphatic heterocycles. The topological polar surface area (TPSA) is 34.4 Å². The van der Waals surface area contributed by atoms with Crippen LogP contribution in [0.1, 0.15) is 29.3 Å². The average Bonchev–Trinajstić information content (AvgIpc) is 3.08. The molecular weight excluding hydrogens is 274 g/mol. The molecule has 1 atom stereocenters. The minimum atomic E-state index is 0.187. The molecule has 0 spiro atoms. The molecule has 0 saturated carbocycles. The van der Waals surface area contributed by atoms with Crippen molar-refractivity contribution in [1.82, 2.24) is 5.32 Å². The van der Waals surface area contributed by atoms with Crippen LogP contribution in [-0.2, 0) is 12.8 Å². The van der Waals surface area contributed by atoms with Crippen LogP contribution in [-0.4, -0.2) is 13.7 Å². The largest absolute Gasteiger partial charge is 0.493 e. The van der Waals surface area contributed by atoms with E-state index in [1.165, 1.54) is 11.1 Å². The number of halogens is 1. The molecule has 0 amide bonds. The van der Waals surface area contributed by atoms with Crippen molar-refractivity contribution < 1.29 is 9.15 Å². The molecule has 0 saturated heterocycles. The zero-order valence-electron chi connectivity index (χ0n) is 11.5. The van der Waals surface area contributed by atoms with Crippen molar-refractivity contribution in [3.8, 4) is 5.75 Å². The van der Waals surface area contributed by atoms with Gasteiger partial charge in [0.15, 0.2) is 5.22 Å². The predicted octanol–water partition coefficient (Wildman–Crippen LogP) is 3.76. The van der Waals surface area contributed by atoms with E-state index in [9.17, 15) is 0 Å². The Labute approximate surface area is 123 Å². The SMILES string of the molecule is CNC(CCc1ccc2c(c1)CCO2)c1ccc(Cl)o1. The van der Waals surface area contributed by atoms with Crippen LogP contribution in [0.5, 0.6) is 5.75 Å². The van der Waals surface area contributed by atoms with Gasteiger partial charge in [0.2, 0.25) is 0 Å². The van der Waals surface area contributed by atoms with Crippen molar-refractivity contribution in [3.63, 3.8) is 0 Å². The number of furan rings is 1. The van der Waals surface area contributed by atoms with Gasteiger partial charge >= 0.3 is 0 Å². The summed E-state index contributed by atoms with van der Waals surface area (Å²) in [7, 11) is 1.94. The Morgan fingerprint density at radius 1 is 1.30 bits per heavy atom. The molecule has 3 nitrogen and oxygen atoms in total. The summed E-state index contributed by atoms with van der Waals surface area (Å²) in [6.45, 7) is 0.808. The number of fused-ring (bicyclic) bond motifs is 1. The zero-order valence-corrected chi connectivity index (χ0v) is 12.2.